The molecule has 0 fully saturated rings. The zero-order valence-electron chi connectivity index (χ0n) is 14.5. The summed E-state index contributed by atoms with van der Waals surface area (Å²) < 4.78 is 0. The number of benzene rings is 1. The molecule has 0 aliphatic carbocycles. The second kappa shape index (κ2) is 10.2. The average Bonchev–Trinajstić information content (AvgIpc) is 3.03. The molecule has 0 saturated carbocycles. The lowest BCUT2D eigenvalue weighted by atomic mass is 10.1. The Morgan fingerprint density at radius 2 is 1.88 bits per heavy atom. The van der Waals surface area contributed by atoms with Crippen molar-refractivity contribution >= 4 is 22.4 Å². The third-order valence-corrected chi connectivity index (χ3v) is 4.46. The van der Waals surface area contributed by atoms with E-state index in [-0.39, 0.29) is 5.91 Å². The number of aromatic nitrogens is 1. The number of nitrogens with zero attached hydrogens (tertiary/aromatic N) is 1. The molecule has 24 heavy (non-hydrogen) atoms. The fourth-order valence-corrected chi connectivity index (χ4v) is 3.15. The molecular formula is C19H27N3OS. The average molecular weight is 346 g/mol. The number of anilines is 1. The Morgan fingerprint density at radius 1 is 1.12 bits per heavy atom. The number of hydrogen-bond donors (Lipinski definition) is 2. The minimum absolute atomic E-state index is 0.0595. The highest BCUT2D eigenvalue weighted by atomic mass is 32.1. The van der Waals surface area contributed by atoms with Crippen molar-refractivity contribution in [1.82, 2.24) is 10.3 Å². The van der Waals surface area contributed by atoms with Crippen LogP contribution in [-0.4, -0.2) is 23.5 Å². The van der Waals surface area contributed by atoms with Crippen molar-refractivity contribution in [1.29, 1.82) is 0 Å². The van der Waals surface area contributed by atoms with Gasteiger partial charge in [0.2, 0.25) is 5.91 Å². The lowest BCUT2D eigenvalue weighted by Crippen LogP contribution is -2.23. The van der Waals surface area contributed by atoms with Gasteiger partial charge in [-0.1, -0.05) is 57.0 Å². The summed E-state index contributed by atoms with van der Waals surface area (Å²) in [6.45, 7) is 5.38. The molecular weight excluding hydrogens is 318 g/mol. The van der Waals surface area contributed by atoms with Gasteiger partial charge in [0, 0.05) is 23.4 Å². The van der Waals surface area contributed by atoms with Gasteiger partial charge in [-0.05, 0) is 19.4 Å². The molecule has 4 nitrogen and oxygen atoms in total. The van der Waals surface area contributed by atoms with Crippen molar-refractivity contribution in [2.75, 3.05) is 11.9 Å². The normalized spacial score (nSPS) is 11.0. The lowest BCUT2D eigenvalue weighted by molar-refractivity contribution is -0.116. The number of hydrogen-bond acceptors (Lipinski definition) is 4. The monoisotopic (exact) mass is 345 g/mol. The number of carbonyl (C=O) groups is 1. The summed E-state index contributed by atoms with van der Waals surface area (Å²) in [7, 11) is 0. The van der Waals surface area contributed by atoms with Crippen molar-refractivity contribution < 1.29 is 4.79 Å². The van der Waals surface area contributed by atoms with Crippen LogP contribution in [0.4, 0.5) is 5.13 Å². The summed E-state index contributed by atoms with van der Waals surface area (Å²) in [6.07, 6.45) is 4.94. The van der Waals surface area contributed by atoms with Crippen LogP contribution >= 0.6 is 11.3 Å². The predicted octanol–water partition coefficient (Wildman–Crippen LogP) is 4.70. The van der Waals surface area contributed by atoms with Gasteiger partial charge >= 0.3 is 0 Å². The zero-order chi connectivity index (χ0) is 17.2. The molecule has 0 atom stereocenters. The summed E-state index contributed by atoms with van der Waals surface area (Å²) in [5.41, 5.74) is 1.98. The van der Waals surface area contributed by atoms with Gasteiger partial charge in [-0.3, -0.25) is 4.79 Å². The molecule has 5 heteroatoms. The summed E-state index contributed by atoms with van der Waals surface area (Å²) in [6, 6.07) is 10.6. The van der Waals surface area contributed by atoms with Crippen molar-refractivity contribution in [3.8, 4) is 11.3 Å². The second-order valence-electron chi connectivity index (χ2n) is 6.23. The maximum atomic E-state index is 12.0. The Hall–Kier alpha value is -1.72. The minimum atomic E-state index is 0.0595. The highest BCUT2D eigenvalue weighted by Crippen LogP contribution is 2.24. The zero-order valence-corrected chi connectivity index (χ0v) is 15.4. The second-order valence-corrected chi connectivity index (χ2v) is 7.08. The van der Waals surface area contributed by atoms with Crippen LogP contribution in [0.1, 0.15) is 46.0 Å². The molecule has 0 aliphatic heterocycles. The Labute approximate surface area is 148 Å². The summed E-state index contributed by atoms with van der Waals surface area (Å²) in [5, 5.41) is 8.97. The molecule has 0 unspecified atom stereocenters. The number of thiazole rings is 1. The van der Waals surface area contributed by atoms with Gasteiger partial charge in [0.1, 0.15) is 0 Å². The van der Waals surface area contributed by atoms with Gasteiger partial charge in [0.15, 0.2) is 5.13 Å². The molecule has 1 aromatic carbocycles. The Bertz CT molecular complexity index is 610. The van der Waals surface area contributed by atoms with E-state index in [2.05, 4.69) is 29.5 Å². The molecule has 1 aromatic heterocycles. The van der Waals surface area contributed by atoms with Crippen molar-refractivity contribution in [2.24, 2.45) is 0 Å². The Balaban J connectivity index is 1.64. The van der Waals surface area contributed by atoms with Gasteiger partial charge in [0.25, 0.3) is 0 Å². The fraction of sp³-hybridized carbons (Fsp3) is 0.474. The number of rotatable bonds is 10. The van der Waals surface area contributed by atoms with E-state index in [4.69, 9.17) is 0 Å². The first-order valence-corrected chi connectivity index (χ1v) is 9.57. The van der Waals surface area contributed by atoms with Gasteiger partial charge < -0.3 is 10.6 Å². The van der Waals surface area contributed by atoms with E-state index in [9.17, 15) is 4.79 Å². The van der Waals surface area contributed by atoms with E-state index >= 15 is 0 Å². The van der Waals surface area contributed by atoms with Gasteiger partial charge in [-0.2, -0.15) is 0 Å². The molecule has 130 valence electrons. The van der Waals surface area contributed by atoms with Crippen molar-refractivity contribution in [2.45, 2.75) is 52.0 Å². The first-order valence-electron chi connectivity index (χ1n) is 8.69. The number of nitrogens with one attached hydrogen (secondary N) is 2. The maximum Gasteiger partial charge on any atom is 0.226 e. The SMILES string of the molecule is CC(C)NCCCCCCC(=O)Nc1nc(-c2ccccc2)cs1. The molecule has 0 saturated heterocycles. The summed E-state index contributed by atoms with van der Waals surface area (Å²) >= 11 is 1.47. The molecule has 0 bridgehead atoms. The predicted molar refractivity (Wildman–Crippen MR) is 102 cm³/mol. The van der Waals surface area contributed by atoms with E-state index < -0.39 is 0 Å². The Kier molecular flexibility index (Phi) is 7.92. The van der Waals surface area contributed by atoms with E-state index in [1.165, 1.54) is 24.2 Å². The highest BCUT2D eigenvalue weighted by Gasteiger charge is 2.07. The van der Waals surface area contributed by atoms with Crippen LogP contribution in [-0.2, 0) is 4.79 Å². The summed E-state index contributed by atoms with van der Waals surface area (Å²) in [4.78, 5) is 16.5. The molecule has 0 spiro atoms. The minimum Gasteiger partial charge on any atom is -0.315 e. The quantitative estimate of drug-likeness (QED) is 0.614. The third-order valence-electron chi connectivity index (χ3n) is 3.70. The first kappa shape index (κ1) is 18.6. The van der Waals surface area contributed by atoms with Crippen LogP contribution in [0, 0.1) is 0 Å². The number of carbonyl (C=O) groups excluding carboxylic acids is 1. The van der Waals surface area contributed by atoms with Crippen LogP contribution < -0.4 is 10.6 Å². The van der Waals surface area contributed by atoms with E-state index in [0.29, 0.717) is 17.6 Å². The smallest absolute Gasteiger partial charge is 0.226 e. The van der Waals surface area contributed by atoms with E-state index in [0.717, 1.165) is 30.6 Å². The first-order chi connectivity index (χ1) is 11.6. The highest BCUT2D eigenvalue weighted by molar-refractivity contribution is 7.14. The molecule has 0 aliphatic rings. The van der Waals surface area contributed by atoms with Crippen molar-refractivity contribution in [3.05, 3.63) is 35.7 Å². The molecule has 1 heterocycles. The summed E-state index contributed by atoms with van der Waals surface area (Å²) in [5.74, 6) is 0.0595. The Morgan fingerprint density at radius 3 is 2.62 bits per heavy atom. The molecule has 1 amide bonds. The fourth-order valence-electron chi connectivity index (χ4n) is 2.41. The largest absolute Gasteiger partial charge is 0.315 e. The van der Waals surface area contributed by atoms with Crippen LogP contribution in [0.15, 0.2) is 35.7 Å². The van der Waals surface area contributed by atoms with Gasteiger partial charge in [-0.15, -0.1) is 11.3 Å². The van der Waals surface area contributed by atoms with Gasteiger partial charge in [0.05, 0.1) is 5.69 Å². The van der Waals surface area contributed by atoms with E-state index in [1.807, 2.05) is 35.7 Å². The van der Waals surface area contributed by atoms with Crippen LogP contribution in [0.25, 0.3) is 11.3 Å². The van der Waals surface area contributed by atoms with Gasteiger partial charge in [-0.25, -0.2) is 4.98 Å². The standard InChI is InChI=1S/C19H27N3OS/c1-15(2)20-13-9-4-3-8-12-18(23)22-19-21-17(14-24-19)16-10-6-5-7-11-16/h5-7,10-11,14-15,20H,3-4,8-9,12-13H2,1-2H3,(H,21,22,23). The van der Waals surface area contributed by atoms with Crippen LogP contribution in [0.5, 0.6) is 0 Å². The lowest BCUT2D eigenvalue weighted by Gasteiger charge is -2.07. The molecule has 2 N–H and O–H groups in total. The molecule has 2 aromatic rings. The van der Waals surface area contributed by atoms with Crippen molar-refractivity contribution in [3.63, 3.8) is 0 Å². The number of unbranched alkanes of at least 4 members (excludes halogenated alkanes) is 3. The maximum absolute atomic E-state index is 12.0. The topological polar surface area (TPSA) is 54.0 Å². The molecule has 2 rings (SSSR count). The molecule has 0 radical (unpaired) electrons. The van der Waals surface area contributed by atoms with Crippen LogP contribution in [0.2, 0.25) is 0 Å². The number of amides is 1. The van der Waals surface area contributed by atoms with E-state index in [1.54, 1.807) is 0 Å². The van der Waals surface area contributed by atoms with Crippen LogP contribution in [0.3, 0.4) is 0 Å². The third kappa shape index (κ3) is 6.81.